The van der Waals surface area contributed by atoms with Crippen molar-refractivity contribution in [3.8, 4) is 0 Å². The molecule has 1 N–H and O–H groups in total. The van der Waals surface area contributed by atoms with E-state index in [2.05, 4.69) is 42.9 Å². The maximum Gasteiger partial charge on any atom is 0.164 e. The first-order valence-electron chi connectivity index (χ1n) is 8.33. The van der Waals surface area contributed by atoms with Gasteiger partial charge in [-0.05, 0) is 38.0 Å². The number of nitrogens with one attached hydrogen (secondary N) is 1. The highest BCUT2D eigenvalue weighted by atomic mass is 32.2. The third-order valence-corrected chi connectivity index (χ3v) is 5.50. The summed E-state index contributed by atoms with van der Waals surface area (Å²) >= 11 is 1.61. The third-order valence-electron chi connectivity index (χ3n) is 4.10. The van der Waals surface area contributed by atoms with Crippen LogP contribution in [0, 0.1) is 20.8 Å². The SMILES string of the molecule is Cc1cc(C)c(SCC(=O)CN=Cc2c[nH]c3ccccc23)c(C)c1. The van der Waals surface area contributed by atoms with Gasteiger partial charge in [-0.1, -0.05) is 35.9 Å². The number of Topliss-reactive ketones (excluding diaryl/α,β-unsaturated/α-hetero) is 1. The van der Waals surface area contributed by atoms with Gasteiger partial charge in [0.05, 0.1) is 12.3 Å². The van der Waals surface area contributed by atoms with Gasteiger partial charge in [-0.25, -0.2) is 0 Å². The summed E-state index contributed by atoms with van der Waals surface area (Å²) in [6.45, 7) is 6.51. The molecule has 3 aromatic rings. The van der Waals surface area contributed by atoms with Gasteiger partial charge < -0.3 is 4.98 Å². The van der Waals surface area contributed by atoms with Crippen molar-refractivity contribution in [2.24, 2.45) is 4.99 Å². The fourth-order valence-corrected chi connectivity index (χ4v) is 4.01. The molecule has 0 saturated heterocycles. The summed E-state index contributed by atoms with van der Waals surface area (Å²) in [6, 6.07) is 12.4. The first-order valence-corrected chi connectivity index (χ1v) is 9.31. The lowest BCUT2D eigenvalue weighted by Crippen LogP contribution is -2.06. The second kappa shape index (κ2) is 7.70. The van der Waals surface area contributed by atoms with Gasteiger partial charge in [0.1, 0.15) is 0 Å². The Morgan fingerprint density at radius 1 is 1.16 bits per heavy atom. The third kappa shape index (κ3) is 4.20. The Balaban J connectivity index is 1.58. The minimum atomic E-state index is 0.139. The first kappa shape index (κ1) is 17.5. The number of ketones is 1. The molecule has 0 unspecified atom stereocenters. The number of aromatic amines is 1. The van der Waals surface area contributed by atoms with Crippen LogP contribution in [0.5, 0.6) is 0 Å². The largest absolute Gasteiger partial charge is 0.361 e. The number of benzene rings is 2. The van der Waals surface area contributed by atoms with Crippen LogP contribution >= 0.6 is 11.8 Å². The molecule has 2 aromatic carbocycles. The molecule has 0 aliphatic rings. The second-order valence-corrected chi connectivity index (χ2v) is 7.30. The number of carbonyl (C=O) groups excluding carboxylic acids is 1. The van der Waals surface area contributed by atoms with Crippen molar-refractivity contribution in [3.63, 3.8) is 0 Å². The molecule has 25 heavy (non-hydrogen) atoms. The molecule has 1 aromatic heterocycles. The lowest BCUT2D eigenvalue weighted by Gasteiger charge is -2.10. The van der Waals surface area contributed by atoms with E-state index in [-0.39, 0.29) is 12.3 Å². The van der Waals surface area contributed by atoms with Gasteiger partial charge >= 0.3 is 0 Å². The molecule has 0 aliphatic carbocycles. The molecule has 0 aliphatic heterocycles. The zero-order chi connectivity index (χ0) is 17.8. The van der Waals surface area contributed by atoms with Crippen molar-refractivity contribution < 1.29 is 4.79 Å². The van der Waals surface area contributed by atoms with Crippen LogP contribution in [0.1, 0.15) is 22.3 Å². The lowest BCUT2D eigenvalue weighted by atomic mass is 10.1. The summed E-state index contributed by atoms with van der Waals surface area (Å²) in [5.41, 5.74) is 5.82. The number of aliphatic imine (C=N–C) groups is 1. The normalized spacial score (nSPS) is 11.5. The van der Waals surface area contributed by atoms with Gasteiger partial charge in [0.2, 0.25) is 0 Å². The van der Waals surface area contributed by atoms with Gasteiger partial charge in [-0.2, -0.15) is 0 Å². The van der Waals surface area contributed by atoms with Crippen LogP contribution in [0.25, 0.3) is 10.9 Å². The molecule has 4 heteroatoms. The number of thioether (sulfide) groups is 1. The smallest absolute Gasteiger partial charge is 0.164 e. The minimum Gasteiger partial charge on any atom is -0.361 e. The van der Waals surface area contributed by atoms with Gasteiger partial charge in [0.15, 0.2) is 5.78 Å². The molecule has 3 nitrogen and oxygen atoms in total. The number of hydrogen-bond acceptors (Lipinski definition) is 3. The zero-order valence-corrected chi connectivity index (χ0v) is 15.6. The van der Waals surface area contributed by atoms with Crippen LogP contribution in [-0.2, 0) is 4.79 Å². The molecule has 0 amide bonds. The number of fused-ring (bicyclic) bond motifs is 1. The summed E-state index contributed by atoms with van der Waals surface area (Å²) in [5, 5.41) is 1.12. The molecule has 0 atom stereocenters. The number of para-hydroxylation sites is 1. The molecule has 0 spiro atoms. The summed E-state index contributed by atoms with van der Waals surface area (Å²) in [4.78, 5) is 20.9. The van der Waals surface area contributed by atoms with Crippen molar-refractivity contribution in [3.05, 3.63) is 64.8 Å². The van der Waals surface area contributed by atoms with Crippen LogP contribution in [0.2, 0.25) is 0 Å². The molecule has 0 fully saturated rings. The monoisotopic (exact) mass is 350 g/mol. The van der Waals surface area contributed by atoms with E-state index in [1.54, 1.807) is 18.0 Å². The predicted octanol–water partition coefficient (Wildman–Crippen LogP) is 4.87. The van der Waals surface area contributed by atoms with Gasteiger partial charge in [-0.15, -0.1) is 11.8 Å². The fourth-order valence-electron chi connectivity index (χ4n) is 3.04. The predicted molar refractivity (Wildman–Crippen MR) is 107 cm³/mol. The zero-order valence-electron chi connectivity index (χ0n) is 14.8. The molecule has 1 heterocycles. The number of aromatic nitrogens is 1. The summed E-state index contributed by atoms with van der Waals surface area (Å²) in [7, 11) is 0. The average molecular weight is 350 g/mol. The highest BCUT2D eigenvalue weighted by molar-refractivity contribution is 8.00. The van der Waals surface area contributed by atoms with Gasteiger partial charge in [0.25, 0.3) is 0 Å². The molecular weight excluding hydrogens is 328 g/mol. The number of hydrogen-bond donors (Lipinski definition) is 1. The Morgan fingerprint density at radius 3 is 2.64 bits per heavy atom. The van der Waals surface area contributed by atoms with Crippen molar-refractivity contribution in [1.82, 2.24) is 4.98 Å². The maximum atomic E-state index is 12.2. The average Bonchev–Trinajstić information content (AvgIpc) is 2.97. The number of H-pyrrole nitrogens is 1. The molecule has 128 valence electrons. The number of aryl methyl sites for hydroxylation is 3. The maximum absolute atomic E-state index is 12.2. The minimum absolute atomic E-state index is 0.139. The van der Waals surface area contributed by atoms with E-state index in [9.17, 15) is 4.79 Å². The number of carbonyl (C=O) groups is 1. The first-order chi connectivity index (χ1) is 12.0. The van der Waals surface area contributed by atoms with Crippen molar-refractivity contribution in [1.29, 1.82) is 0 Å². The van der Waals surface area contributed by atoms with Crippen molar-refractivity contribution >= 4 is 34.7 Å². The van der Waals surface area contributed by atoms with Crippen LogP contribution < -0.4 is 0 Å². The molecule has 0 radical (unpaired) electrons. The Kier molecular flexibility index (Phi) is 5.39. The van der Waals surface area contributed by atoms with Gasteiger partial charge in [0, 0.05) is 33.8 Å². The lowest BCUT2D eigenvalue weighted by molar-refractivity contribution is -0.115. The van der Waals surface area contributed by atoms with Gasteiger partial charge in [-0.3, -0.25) is 9.79 Å². The molecule has 0 saturated carbocycles. The summed E-state index contributed by atoms with van der Waals surface area (Å²) in [6.07, 6.45) is 3.70. The quantitative estimate of drug-likeness (QED) is 0.509. The molecule has 0 bridgehead atoms. The van der Waals surface area contributed by atoms with Crippen molar-refractivity contribution in [2.75, 3.05) is 12.3 Å². The van der Waals surface area contributed by atoms with E-state index in [4.69, 9.17) is 0 Å². The van der Waals surface area contributed by atoms with Crippen LogP contribution in [0.4, 0.5) is 0 Å². The van der Waals surface area contributed by atoms with E-state index >= 15 is 0 Å². The van der Waals surface area contributed by atoms with E-state index in [0.717, 1.165) is 16.5 Å². The second-order valence-electron chi connectivity index (χ2n) is 6.31. The van der Waals surface area contributed by atoms with Crippen LogP contribution in [0.15, 0.2) is 52.5 Å². The topological polar surface area (TPSA) is 45.2 Å². The van der Waals surface area contributed by atoms with Crippen molar-refractivity contribution in [2.45, 2.75) is 25.7 Å². The fraction of sp³-hybridized carbons (Fsp3) is 0.238. The Bertz CT molecular complexity index is 917. The Hall–Kier alpha value is -2.33. The highest BCUT2D eigenvalue weighted by Gasteiger charge is 2.08. The Morgan fingerprint density at radius 2 is 1.88 bits per heavy atom. The Labute approximate surface area is 152 Å². The van der Waals surface area contributed by atoms with E-state index in [1.165, 1.54) is 21.6 Å². The molecular formula is C21H22N2OS. The van der Waals surface area contributed by atoms with Crippen LogP contribution in [0.3, 0.4) is 0 Å². The van der Waals surface area contributed by atoms with E-state index in [1.807, 2.05) is 30.5 Å². The molecule has 3 rings (SSSR count). The summed E-state index contributed by atoms with van der Waals surface area (Å²) < 4.78 is 0. The standard InChI is InChI=1S/C21H22N2OS/c1-14-8-15(2)21(16(3)9-14)25-13-18(24)12-22-10-17-11-23-20-7-5-4-6-19(17)20/h4-11,23H,12-13H2,1-3H3. The summed E-state index contributed by atoms with van der Waals surface area (Å²) in [5.74, 6) is 0.594. The highest BCUT2D eigenvalue weighted by Crippen LogP contribution is 2.27. The number of nitrogens with zero attached hydrogens (tertiary/aromatic N) is 1. The van der Waals surface area contributed by atoms with E-state index < -0.39 is 0 Å². The van der Waals surface area contributed by atoms with Crippen LogP contribution in [-0.4, -0.2) is 29.3 Å². The van der Waals surface area contributed by atoms with E-state index in [0.29, 0.717) is 5.75 Å². The number of rotatable bonds is 6.